The summed E-state index contributed by atoms with van der Waals surface area (Å²) in [4.78, 5) is 0. The predicted octanol–water partition coefficient (Wildman–Crippen LogP) is 5.66. The van der Waals surface area contributed by atoms with Gasteiger partial charge in [0.15, 0.2) is 0 Å². The van der Waals surface area contributed by atoms with Crippen LogP contribution in [0.3, 0.4) is 0 Å². The number of nitrogens with one attached hydrogen (secondary N) is 1. The summed E-state index contributed by atoms with van der Waals surface area (Å²) in [6, 6.07) is 27.3. The molecule has 0 radical (unpaired) electrons. The Labute approximate surface area is 156 Å². The van der Waals surface area contributed by atoms with Crippen molar-refractivity contribution in [3.8, 4) is 5.75 Å². The molecule has 0 unspecified atom stereocenters. The highest BCUT2D eigenvalue weighted by Crippen LogP contribution is 2.24. The van der Waals surface area contributed by atoms with E-state index in [1.165, 1.54) is 16.7 Å². The van der Waals surface area contributed by atoms with Gasteiger partial charge in [-0.15, -0.1) is 0 Å². The van der Waals surface area contributed by atoms with E-state index in [9.17, 15) is 0 Å². The van der Waals surface area contributed by atoms with E-state index >= 15 is 0 Å². The standard InChI is InChI=1S/C24H27NO/c1-20-10-5-6-14-22(20)17-18-25-23-15-7-8-16-24(23)26-19-9-13-21-11-3-2-4-12-21/h2-8,10-12,14-16,25H,9,13,17-19H2,1H3. The number of anilines is 1. The molecule has 0 aliphatic carbocycles. The van der Waals surface area contributed by atoms with Crippen molar-refractivity contribution < 1.29 is 4.74 Å². The third-order valence-corrected chi connectivity index (χ3v) is 4.57. The highest BCUT2D eigenvalue weighted by Gasteiger charge is 2.03. The van der Waals surface area contributed by atoms with Gasteiger partial charge in [0, 0.05) is 6.54 Å². The molecule has 0 heterocycles. The van der Waals surface area contributed by atoms with E-state index in [1.807, 2.05) is 18.2 Å². The van der Waals surface area contributed by atoms with E-state index in [1.54, 1.807) is 0 Å². The van der Waals surface area contributed by atoms with Crippen molar-refractivity contribution in [3.05, 3.63) is 95.6 Å². The smallest absolute Gasteiger partial charge is 0.142 e. The van der Waals surface area contributed by atoms with Gasteiger partial charge in [-0.2, -0.15) is 0 Å². The van der Waals surface area contributed by atoms with Gasteiger partial charge >= 0.3 is 0 Å². The average molecular weight is 345 g/mol. The van der Waals surface area contributed by atoms with Gasteiger partial charge in [-0.3, -0.25) is 0 Å². The van der Waals surface area contributed by atoms with E-state index in [-0.39, 0.29) is 0 Å². The van der Waals surface area contributed by atoms with Crippen LogP contribution in [0.1, 0.15) is 23.1 Å². The van der Waals surface area contributed by atoms with E-state index in [2.05, 4.69) is 72.9 Å². The summed E-state index contributed by atoms with van der Waals surface area (Å²) in [7, 11) is 0. The van der Waals surface area contributed by atoms with Crippen molar-refractivity contribution in [1.29, 1.82) is 0 Å². The first kappa shape index (κ1) is 18.1. The molecule has 2 heteroatoms. The molecule has 0 bridgehead atoms. The van der Waals surface area contributed by atoms with Crippen LogP contribution in [0.25, 0.3) is 0 Å². The van der Waals surface area contributed by atoms with Crippen molar-refractivity contribution in [2.24, 2.45) is 0 Å². The number of para-hydroxylation sites is 2. The summed E-state index contributed by atoms with van der Waals surface area (Å²) in [5.41, 5.74) is 5.17. The van der Waals surface area contributed by atoms with Gasteiger partial charge in [0.05, 0.1) is 12.3 Å². The second kappa shape index (κ2) is 9.67. The molecule has 0 aliphatic rings. The van der Waals surface area contributed by atoms with Gasteiger partial charge in [-0.25, -0.2) is 0 Å². The maximum atomic E-state index is 6.02. The van der Waals surface area contributed by atoms with Crippen molar-refractivity contribution in [1.82, 2.24) is 0 Å². The molecule has 3 aromatic carbocycles. The fourth-order valence-electron chi connectivity index (χ4n) is 3.06. The lowest BCUT2D eigenvalue weighted by atomic mass is 10.1. The second-order valence-corrected chi connectivity index (χ2v) is 6.54. The molecule has 0 spiro atoms. The maximum absolute atomic E-state index is 6.02. The van der Waals surface area contributed by atoms with Gasteiger partial charge in [0.1, 0.15) is 5.75 Å². The molecule has 0 aliphatic heterocycles. The van der Waals surface area contributed by atoms with Gasteiger partial charge in [0.25, 0.3) is 0 Å². The summed E-state index contributed by atoms with van der Waals surface area (Å²) < 4.78 is 6.02. The van der Waals surface area contributed by atoms with Crippen LogP contribution in [0, 0.1) is 6.92 Å². The van der Waals surface area contributed by atoms with Crippen LogP contribution in [-0.4, -0.2) is 13.2 Å². The number of hydrogen-bond donors (Lipinski definition) is 1. The Morgan fingerprint density at radius 2 is 1.50 bits per heavy atom. The fraction of sp³-hybridized carbons (Fsp3) is 0.250. The van der Waals surface area contributed by atoms with Crippen LogP contribution in [-0.2, 0) is 12.8 Å². The number of ether oxygens (including phenoxy) is 1. The van der Waals surface area contributed by atoms with Crippen molar-refractivity contribution in [2.45, 2.75) is 26.2 Å². The molecular formula is C24H27NO. The number of hydrogen-bond acceptors (Lipinski definition) is 2. The predicted molar refractivity (Wildman–Crippen MR) is 110 cm³/mol. The molecule has 3 aromatic rings. The average Bonchev–Trinajstić information content (AvgIpc) is 2.68. The first-order chi connectivity index (χ1) is 12.8. The third kappa shape index (κ3) is 5.38. The van der Waals surface area contributed by atoms with E-state index in [0.717, 1.165) is 43.9 Å². The summed E-state index contributed by atoms with van der Waals surface area (Å²) >= 11 is 0. The zero-order valence-electron chi connectivity index (χ0n) is 15.4. The topological polar surface area (TPSA) is 21.3 Å². The van der Waals surface area contributed by atoms with Gasteiger partial charge < -0.3 is 10.1 Å². The van der Waals surface area contributed by atoms with Crippen LogP contribution < -0.4 is 10.1 Å². The minimum Gasteiger partial charge on any atom is -0.491 e. The molecule has 134 valence electrons. The highest BCUT2D eigenvalue weighted by atomic mass is 16.5. The van der Waals surface area contributed by atoms with E-state index in [0.29, 0.717) is 0 Å². The monoisotopic (exact) mass is 345 g/mol. The van der Waals surface area contributed by atoms with E-state index in [4.69, 9.17) is 4.74 Å². The Morgan fingerprint density at radius 3 is 2.35 bits per heavy atom. The summed E-state index contributed by atoms with van der Waals surface area (Å²) in [6.45, 7) is 3.79. The molecule has 1 N–H and O–H groups in total. The number of benzene rings is 3. The summed E-state index contributed by atoms with van der Waals surface area (Å²) in [6.07, 6.45) is 3.07. The molecule has 2 nitrogen and oxygen atoms in total. The Kier molecular flexibility index (Phi) is 6.72. The van der Waals surface area contributed by atoms with E-state index < -0.39 is 0 Å². The summed E-state index contributed by atoms with van der Waals surface area (Å²) in [5, 5.41) is 3.52. The van der Waals surface area contributed by atoms with Gasteiger partial charge in [0.2, 0.25) is 0 Å². The maximum Gasteiger partial charge on any atom is 0.142 e. The largest absolute Gasteiger partial charge is 0.491 e. The van der Waals surface area contributed by atoms with Crippen LogP contribution in [0.5, 0.6) is 5.75 Å². The zero-order valence-corrected chi connectivity index (χ0v) is 15.4. The van der Waals surface area contributed by atoms with Crippen molar-refractivity contribution >= 4 is 5.69 Å². The number of rotatable bonds is 9. The molecule has 0 fully saturated rings. The first-order valence-electron chi connectivity index (χ1n) is 9.37. The van der Waals surface area contributed by atoms with Crippen molar-refractivity contribution in [2.75, 3.05) is 18.5 Å². The fourth-order valence-corrected chi connectivity index (χ4v) is 3.06. The second-order valence-electron chi connectivity index (χ2n) is 6.54. The molecule has 0 atom stereocenters. The molecule has 0 amide bonds. The normalized spacial score (nSPS) is 10.5. The summed E-state index contributed by atoms with van der Waals surface area (Å²) in [5.74, 6) is 0.936. The molecule has 3 rings (SSSR count). The van der Waals surface area contributed by atoms with Crippen LogP contribution in [0.4, 0.5) is 5.69 Å². The molecule has 0 aromatic heterocycles. The van der Waals surface area contributed by atoms with Crippen molar-refractivity contribution in [3.63, 3.8) is 0 Å². The Bertz CT molecular complexity index is 798. The van der Waals surface area contributed by atoms with Gasteiger partial charge in [-0.05, 0) is 55.0 Å². The molecular weight excluding hydrogens is 318 g/mol. The minimum atomic E-state index is 0.728. The Balaban J connectivity index is 1.47. The Morgan fingerprint density at radius 1 is 0.769 bits per heavy atom. The third-order valence-electron chi connectivity index (χ3n) is 4.57. The molecule has 26 heavy (non-hydrogen) atoms. The molecule has 0 saturated carbocycles. The van der Waals surface area contributed by atoms with Crippen LogP contribution >= 0.6 is 0 Å². The number of aryl methyl sites for hydroxylation is 2. The lowest BCUT2D eigenvalue weighted by Crippen LogP contribution is -2.08. The Hall–Kier alpha value is -2.74. The zero-order chi connectivity index (χ0) is 18.0. The van der Waals surface area contributed by atoms with Gasteiger partial charge in [-0.1, -0.05) is 66.7 Å². The SMILES string of the molecule is Cc1ccccc1CCNc1ccccc1OCCCc1ccccc1. The van der Waals surface area contributed by atoms with Crippen LogP contribution in [0.2, 0.25) is 0 Å². The van der Waals surface area contributed by atoms with Crippen LogP contribution in [0.15, 0.2) is 78.9 Å². The lowest BCUT2D eigenvalue weighted by molar-refractivity contribution is 0.312. The highest BCUT2D eigenvalue weighted by molar-refractivity contribution is 5.56. The minimum absolute atomic E-state index is 0.728. The quantitative estimate of drug-likeness (QED) is 0.505. The molecule has 0 saturated heterocycles. The lowest BCUT2D eigenvalue weighted by Gasteiger charge is -2.14. The first-order valence-corrected chi connectivity index (χ1v) is 9.37.